The predicted molar refractivity (Wildman–Crippen MR) is 114 cm³/mol. The first-order valence-corrected chi connectivity index (χ1v) is 12.7. The van der Waals surface area contributed by atoms with Crippen LogP contribution in [-0.2, 0) is 0 Å². The third-order valence-electron chi connectivity index (χ3n) is 3.94. The third kappa shape index (κ3) is 5.33. The van der Waals surface area contributed by atoms with Crippen molar-refractivity contribution in [1.82, 2.24) is 0 Å². The Morgan fingerprint density at radius 1 is 0.310 bits per heavy atom. The molecule has 29 heavy (non-hydrogen) atoms. The summed E-state index contributed by atoms with van der Waals surface area (Å²) >= 11 is -4.42. The summed E-state index contributed by atoms with van der Waals surface area (Å²) in [6.45, 7) is 0. The zero-order valence-electron chi connectivity index (χ0n) is 15.7. The third-order valence-corrected chi connectivity index (χ3v) is 8.02. The molecule has 0 spiro atoms. The Morgan fingerprint density at radius 2 is 0.517 bits per heavy atom. The fourth-order valence-electron chi connectivity index (χ4n) is 2.66. The molecule has 0 unspecified atom stereocenters. The molecule has 4 aromatic rings. The Kier molecular flexibility index (Phi) is 6.02. The fourth-order valence-corrected chi connectivity index (χ4v) is 6.75. The minimum absolute atomic E-state index is 0.621. The molecule has 0 aliphatic rings. The van der Waals surface area contributed by atoms with Crippen LogP contribution in [0.1, 0.15) is 0 Å². The molecule has 0 aromatic heterocycles. The minimum atomic E-state index is -4.42. The summed E-state index contributed by atoms with van der Waals surface area (Å²) in [5.41, 5.74) is 0. The van der Waals surface area contributed by atoms with E-state index < -0.39 is 14.6 Å². The molecule has 0 atom stereocenters. The fraction of sp³-hybridized carbons (Fsp3) is 0. The van der Waals surface area contributed by atoms with E-state index in [1.54, 1.807) is 0 Å². The first-order chi connectivity index (χ1) is 14.3. The van der Waals surface area contributed by atoms with Crippen LogP contribution in [0.3, 0.4) is 0 Å². The molecular formula is C24H20GeO4. The van der Waals surface area contributed by atoms with Gasteiger partial charge in [-0.1, -0.05) is 0 Å². The Morgan fingerprint density at radius 3 is 0.724 bits per heavy atom. The molecule has 5 heteroatoms. The molecule has 0 N–H and O–H groups in total. The zero-order chi connectivity index (χ0) is 19.8. The average molecular weight is 445 g/mol. The van der Waals surface area contributed by atoms with Crippen molar-refractivity contribution in [2.24, 2.45) is 0 Å². The van der Waals surface area contributed by atoms with Crippen LogP contribution >= 0.6 is 0 Å². The van der Waals surface area contributed by atoms with Gasteiger partial charge >= 0.3 is 174 Å². The average Bonchev–Trinajstić information content (AvgIpc) is 2.76. The van der Waals surface area contributed by atoms with Gasteiger partial charge in [0.1, 0.15) is 0 Å². The first-order valence-electron chi connectivity index (χ1n) is 9.28. The van der Waals surface area contributed by atoms with Crippen molar-refractivity contribution in [2.45, 2.75) is 0 Å². The van der Waals surface area contributed by atoms with Gasteiger partial charge < -0.3 is 0 Å². The van der Waals surface area contributed by atoms with Gasteiger partial charge in [0.2, 0.25) is 0 Å². The van der Waals surface area contributed by atoms with Crippen LogP contribution in [0.25, 0.3) is 0 Å². The van der Waals surface area contributed by atoms with Crippen molar-refractivity contribution in [3.8, 4) is 23.0 Å². The summed E-state index contributed by atoms with van der Waals surface area (Å²) in [4.78, 5) is 0. The second kappa shape index (κ2) is 9.21. The normalized spacial score (nSPS) is 10.8. The number of benzene rings is 4. The molecule has 0 aliphatic carbocycles. The van der Waals surface area contributed by atoms with Crippen molar-refractivity contribution in [1.29, 1.82) is 0 Å². The van der Waals surface area contributed by atoms with Crippen molar-refractivity contribution in [2.75, 3.05) is 0 Å². The van der Waals surface area contributed by atoms with E-state index in [1.165, 1.54) is 0 Å². The molecule has 0 fully saturated rings. The molecule has 0 saturated heterocycles. The second-order valence-corrected chi connectivity index (χ2v) is 9.97. The van der Waals surface area contributed by atoms with E-state index >= 15 is 0 Å². The van der Waals surface area contributed by atoms with Gasteiger partial charge in [0, 0.05) is 0 Å². The van der Waals surface area contributed by atoms with E-state index in [1.807, 2.05) is 121 Å². The molecular weight excluding hydrogens is 425 g/mol. The molecule has 4 nitrogen and oxygen atoms in total. The van der Waals surface area contributed by atoms with Crippen LogP contribution in [0.4, 0.5) is 0 Å². The molecule has 0 heterocycles. The van der Waals surface area contributed by atoms with E-state index in [0.717, 1.165) is 0 Å². The molecule has 0 aliphatic heterocycles. The second-order valence-electron chi connectivity index (χ2n) is 6.16. The number of para-hydroxylation sites is 4. The number of rotatable bonds is 8. The zero-order valence-corrected chi connectivity index (χ0v) is 17.8. The van der Waals surface area contributed by atoms with E-state index in [4.69, 9.17) is 15.1 Å². The molecule has 0 radical (unpaired) electrons. The van der Waals surface area contributed by atoms with Gasteiger partial charge in [-0.3, -0.25) is 0 Å². The van der Waals surface area contributed by atoms with Crippen LogP contribution in [0.5, 0.6) is 23.0 Å². The Bertz CT molecular complexity index is 824. The van der Waals surface area contributed by atoms with Gasteiger partial charge in [-0.25, -0.2) is 0 Å². The van der Waals surface area contributed by atoms with Gasteiger partial charge in [-0.15, -0.1) is 0 Å². The van der Waals surface area contributed by atoms with Crippen LogP contribution in [0, 0.1) is 0 Å². The molecule has 0 bridgehead atoms. The Labute approximate surface area is 174 Å². The van der Waals surface area contributed by atoms with Crippen LogP contribution in [0.15, 0.2) is 121 Å². The maximum absolute atomic E-state index is 6.33. The molecule has 4 rings (SSSR count). The van der Waals surface area contributed by atoms with Gasteiger partial charge in [-0.05, 0) is 0 Å². The van der Waals surface area contributed by atoms with Crippen LogP contribution in [0.2, 0.25) is 0 Å². The summed E-state index contributed by atoms with van der Waals surface area (Å²) in [5, 5.41) is 0. The summed E-state index contributed by atoms with van der Waals surface area (Å²) in [6, 6.07) is 37.8. The molecule has 4 aromatic carbocycles. The molecule has 144 valence electrons. The number of hydrogen-bond donors (Lipinski definition) is 0. The molecule has 0 amide bonds. The molecule has 0 saturated carbocycles. The topological polar surface area (TPSA) is 36.9 Å². The van der Waals surface area contributed by atoms with Gasteiger partial charge in [0.25, 0.3) is 0 Å². The SMILES string of the molecule is c1ccc([O][Ge]([O]c2ccccc2)([O]c2ccccc2)[O]c2ccccc2)cc1. The standard InChI is InChI=1S/C24H20GeO4/c1-5-13-21(14-6-1)26-25(27-22-15-7-2-8-16-22,28-23-17-9-3-10-18-23)29-24-19-11-4-12-20-24/h1-20H. The summed E-state index contributed by atoms with van der Waals surface area (Å²) in [7, 11) is 0. The van der Waals surface area contributed by atoms with Crippen LogP contribution < -0.4 is 15.1 Å². The van der Waals surface area contributed by atoms with Gasteiger partial charge in [0.05, 0.1) is 0 Å². The summed E-state index contributed by atoms with van der Waals surface area (Å²) in [5.74, 6) is 2.48. The summed E-state index contributed by atoms with van der Waals surface area (Å²) < 4.78 is 25.3. The van der Waals surface area contributed by atoms with E-state index in [9.17, 15) is 0 Å². The van der Waals surface area contributed by atoms with Crippen molar-refractivity contribution in [3.63, 3.8) is 0 Å². The monoisotopic (exact) mass is 446 g/mol. The predicted octanol–water partition coefficient (Wildman–Crippen LogP) is 5.74. The quantitative estimate of drug-likeness (QED) is 0.325. The van der Waals surface area contributed by atoms with Gasteiger partial charge in [-0.2, -0.15) is 0 Å². The van der Waals surface area contributed by atoms with Crippen molar-refractivity contribution in [3.05, 3.63) is 121 Å². The van der Waals surface area contributed by atoms with Gasteiger partial charge in [0.15, 0.2) is 0 Å². The maximum atomic E-state index is 6.33. The van der Waals surface area contributed by atoms with E-state index in [0.29, 0.717) is 23.0 Å². The van der Waals surface area contributed by atoms with E-state index in [-0.39, 0.29) is 0 Å². The van der Waals surface area contributed by atoms with Crippen molar-refractivity contribution < 1.29 is 15.1 Å². The van der Waals surface area contributed by atoms with E-state index in [2.05, 4.69) is 0 Å². The van der Waals surface area contributed by atoms with Crippen LogP contribution in [-0.4, -0.2) is 14.6 Å². The number of hydrogen-bond acceptors (Lipinski definition) is 4. The van der Waals surface area contributed by atoms with Crippen molar-refractivity contribution >= 4 is 14.6 Å². The Hall–Kier alpha value is -3.38. The Balaban J connectivity index is 1.75. The first kappa shape index (κ1) is 19.0. The summed E-state index contributed by atoms with van der Waals surface area (Å²) in [6.07, 6.45) is 0.